The number of rotatable bonds is 3. The molecule has 2 saturated heterocycles. The van der Waals surface area contributed by atoms with Crippen LogP contribution in [0.25, 0.3) is 0 Å². The van der Waals surface area contributed by atoms with Crippen LogP contribution in [0.5, 0.6) is 0 Å². The third-order valence-electron chi connectivity index (χ3n) is 4.90. The van der Waals surface area contributed by atoms with Crippen molar-refractivity contribution in [2.75, 3.05) is 31.1 Å². The lowest BCUT2D eigenvalue weighted by Crippen LogP contribution is -2.38. The Morgan fingerprint density at radius 2 is 1.67 bits per heavy atom. The molecule has 0 N–H and O–H groups in total. The average Bonchev–Trinajstić information content (AvgIpc) is 3.03. The summed E-state index contributed by atoms with van der Waals surface area (Å²) in [6.45, 7) is 6.49. The number of piperidine rings is 1. The molecule has 114 valence electrons. The van der Waals surface area contributed by atoms with E-state index in [2.05, 4.69) is 36.1 Å². The van der Waals surface area contributed by atoms with Gasteiger partial charge in [0.05, 0.1) is 6.42 Å². The summed E-state index contributed by atoms with van der Waals surface area (Å²) in [7, 11) is 0. The lowest BCUT2D eigenvalue weighted by atomic mass is 9.98. The summed E-state index contributed by atoms with van der Waals surface area (Å²) in [6.07, 6.45) is 5.45. The Kier molecular flexibility index (Phi) is 4.47. The van der Waals surface area contributed by atoms with Crippen LogP contribution in [0.1, 0.15) is 38.2 Å². The topological polar surface area (TPSA) is 23.6 Å². The number of carbonyl (C=O) groups excluding carboxylic acids is 1. The van der Waals surface area contributed by atoms with E-state index >= 15 is 0 Å². The predicted octanol–water partition coefficient (Wildman–Crippen LogP) is 3.09. The van der Waals surface area contributed by atoms with Gasteiger partial charge < -0.3 is 9.80 Å². The third-order valence-corrected chi connectivity index (χ3v) is 4.90. The maximum atomic E-state index is 12.3. The van der Waals surface area contributed by atoms with Crippen molar-refractivity contribution in [2.24, 2.45) is 5.92 Å². The van der Waals surface area contributed by atoms with Crippen molar-refractivity contribution in [2.45, 2.75) is 39.0 Å². The van der Waals surface area contributed by atoms with Crippen molar-refractivity contribution >= 4 is 11.6 Å². The average molecular weight is 286 g/mol. The van der Waals surface area contributed by atoms with Crippen molar-refractivity contribution in [3.63, 3.8) is 0 Å². The summed E-state index contributed by atoms with van der Waals surface area (Å²) in [6, 6.07) is 8.59. The van der Waals surface area contributed by atoms with Crippen molar-refractivity contribution in [1.82, 2.24) is 4.90 Å². The SMILES string of the molecule is CC1CCN(C(=O)Cc2ccc(N3CCCC3)cc2)CC1. The van der Waals surface area contributed by atoms with E-state index in [0.29, 0.717) is 6.42 Å². The minimum Gasteiger partial charge on any atom is -0.372 e. The second kappa shape index (κ2) is 6.50. The number of hydrogen-bond acceptors (Lipinski definition) is 2. The van der Waals surface area contributed by atoms with Gasteiger partial charge in [0.15, 0.2) is 0 Å². The molecule has 3 nitrogen and oxygen atoms in total. The largest absolute Gasteiger partial charge is 0.372 e. The van der Waals surface area contributed by atoms with Crippen LogP contribution in [0.2, 0.25) is 0 Å². The molecule has 0 atom stereocenters. The van der Waals surface area contributed by atoms with Gasteiger partial charge in [-0.3, -0.25) is 4.79 Å². The first-order valence-electron chi connectivity index (χ1n) is 8.34. The van der Waals surface area contributed by atoms with Gasteiger partial charge in [-0.05, 0) is 49.3 Å². The quantitative estimate of drug-likeness (QED) is 0.852. The first-order valence-corrected chi connectivity index (χ1v) is 8.34. The van der Waals surface area contributed by atoms with Gasteiger partial charge >= 0.3 is 0 Å². The van der Waals surface area contributed by atoms with Gasteiger partial charge in [-0.1, -0.05) is 19.1 Å². The van der Waals surface area contributed by atoms with E-state index in [1.807, 2.05) is 4.90 Å². The molecular weight excluding hydrogens is 260 g/mol. The molecule has 0 radical (unpaired) electrons. The summed E-state index contributed by atoms with van der Waals surface area (Å²) in [5.41, 5.74) is 2.44. The van der Waals surface area contributed by atoms with Crippen LogP contribution in [0.3, 0.4) is 0 Å². The van der Waals surface area contributed by atoms with E-state index in [4.69, 9.17) is 0 Å². The Balaban J connectivity index is 1.56. The van der Waals surface area contributed by atoms with E-state index in [1.54, 1.807) is 0 Å². The van der Waals surface area contributed by atoms with E-state index in [0.717, 1.165) is 37.4 Å². The van der Waals surface area contributed by atoms with E-state index in [9.17, 15) is 4.79 Å². The first-order chi connectivity index (χ1) is 10.2. The molecular formula is C18H26N2O. The fourth-order valence-corrected chi connectivity index (χ4v) is 3.34. The molecule has 3 rings (SSSR count). The Labute approximate surface area is 127 Å². The Hall–Kier alpha value is -1.51. The molecule has 2 fully saturated rings. The van der Waals surface area contributed by atoms with Crippen LogP contribution in [0.4, 0.5) is 5.69 Å². The second-order valence-electron chi connectivity index (χ2n) is 6.60. The van der Waals surface area contributed by atoms with Gasteiger partial charge in [0.2, 0.25) is 5.91 Å². The minimum atomic E-state index is 0.288. The van der Waals surface area contributed by atoms with E-state index in [-0.39, 0.29) is 5.91 Å². The molecule has 0 saturated carbocycles. The summed E-state index contributed by atoms with van der Waals surface area (Å²) >= 11 is 0. The zero-order chi connectivity index (χ0) is 14.7. The maximum absolute atomic E-state index is 12.3. The Bertz CT molecular complexity index is 468. The van der Waals surface area contributed by atoms with Crippen LogP contribution in [0.15, 0.2) is 24.3 Å². The summed E-state index contributed by atoms with van der Waals surface area (Å²) in [4.78, 5) is 16.8. The first kappa shape index (κ1) is 14.4. The number of nitrogens with zero attached hydrogens (tertiary/aromatic N) is 2. The highest BCUT2D eigenvalue weighted by molar-refractivity contribution is 5.79. The lowest BCUT2D eigenvalue weighted by Gasteiger charge is -2.30. The normalized spacial score (nSPS) is 20.0. The molecule has 3 heteroatoms. The number of benzene rings is 1. The summed E-state index contributed by atoms with van der Waals surface area (Å²) in [5.74, 6) is 1.06. The highest BCUT2D eigenvalue weighted by Gasteiger charge is 2.20. The van der Waals surface area contributed by atoms with Gasteiger partial charge in [0.1, 0.15) is 0 Å². The van der Waals surface area contributed by atoms with Crippen LogP contribution < -0.4 is 4.90 Å². The number of carbonyl (C=O) groups is 1. The van der Waals surface area contributed by atoms with Crippen LogP contribution in [-0.4, -0.2) is 37.0 Å². The molecule has 0 aliphatic carbocycles. The molecule has 1 aromatic carbocycles. The monoisotopic (exact) mass is 286 g/mol. The van der Waals surface area contributed by atoms with Gasteiger partial charge in [0, 0.05) is 31.9 Å². The molecule has 0 aromatic heterocycles. The van der Waals surface area contributed by atoms with Gasteiger partial charge in [0.25, 0.3) is 0 Å². The zero-order valence-corrected chi connectivity index (χ0v) is 13.1. The predicted molar refractivity (Wildman–Crippen MR) is 86.6 cm³/mol. The van der Waals surface area contributed by atoms with Crippen LogP contribution >= 0.6 is 0 Å². The number of likely N-dealkylation sites (tertiary alicyclic amines) is 1. The summed E-state index contributed by atoms with van der Waals surface area (Å²) in [5, 5.41) is 0. The third kappa shape index (κ3) is 3.58. The van der Waals surface area contributed by atoms with Crippen molar-refractivity contribution in [1.29, 1.82) is 0 Å². The molecule has 1 amide bonds. The lowest BCUT2D eigenvalue weighted by molar-refractivity contribution is -0.131. The van der Waals surface area contributed by atoms with E-state index < -0.39 is 0 Å². The smallest absolute Gasteiger partial charge is 0.226 e. The molecule has 2 heterocycles. The zero-order valence-electron chi connectivity index (χ0n) is 13.1. The number of anilines is 1. The van der Waals surface area contributed by atoms with E-state index in [1.165, 1.54) is 31.6 Å². The highest BCUT2D eigenvalue weighted by Crippen LogP contribution is 2.21. The number of hydrogen-bond donors (Lipinski definition) is 0. The highest BCUT2D eigenvalue weighted by atomic mass is 16.2. The fourth-order valence-electron chi connectivity index (χ4n) is 3.34. The molecule has 0 bridgehead atoms. The molecule has 2 aliphatic rings. The van der Waals surface area contributed by atoms with Crippen molar-refractivity contribution in [3.05, 3.63) is 29.8 Å². The van der Waals surface area contributed by atoms with Gasteiger partial charge in [-0.15, -0.1) is 0 Å². The maximum Gasteiger partial charge on any atom is 0.226 e. The Morgan fingerprint density at radius 1 is 1.05 bits per heavy atom. The van der Waals surface area contributed by atoms with Gasteiger partial charge in [-0.2, -0.15) is 0 Å². The van der Waals surface area contributed by atoms with Crippen molar-refractivity contribution < 1.29 is 4.79 Å². The number of amides is 1. The summed E-state index contributed by atoms with van der Waals surface area (Å²) < 4.78 is 0. The van der Waals surface area contributed by atoms with Crippen molar-refractivity contribution in [3.8, 4) is 0 Å². The standard InChI is InChI=1S/C18H26N2O/c1-15-8-12-20(13-9-15)18(21)14-16-4-6-17(7-5-16)19-10-2-3-11-19/h4-7,15H,2-3,8-14H2,1H3. The molecule has 2 aliphatic heterocycles. The Morgan fingerprint density at radius 3 is 2.29 bits per heavy atom. The van der Waals surface area contributed by atoms with Crippen LogP contribution in [0, 0.1) is 5.92 Å². The minimum absolute atomic E-state index is 0.288. The second-order valence-corrected chi connectivity index (χ2v) is 6.60. The molecule has 21 heavy (non-hydrogen) atoms. The van der Waals surface area contributed by atoms with Gasteiger partial charge in [-0.25, -0.2) is 0 Å². The molecule has 0 spiro atoms. The molecule has 1 aromatic rings. The molecule has 0 unspecified atom stereocenters. The fraction of sp³-hybridized carbons (Fsp3) is 0.611. The van der Waals surface area contributed by atoms with Crippen LogP contribution in [-0.2, 0) is 11.2 Å².